The van der Waals surface area contributed by atoms with Crippen LogP contribution in [-0.4, -0.2) is 13.2 Å². The number of aliphatic hydroxyl groups excluding tert-OH is 1. The van der Waals surface area contributed by atoms with Gasteiger partial charge in [0.2, 0.25) is 0 Å². The number of nitrogens with zero attached hydrogens (tertiary/aromatic N) is 2. The van der Waals surface area contributed by atoms with E-state index in [-0.39, 0.29) is 0 Å². The van der Waals surface area contributed by atoms with Gasteiger partial charge in [0.1, 0.15) is 0 Å². The molecule has 0 saturated carbocycles. The Labute approximate surface area is 121 Å². The van der Waals surface area contributed by atoms with Gasteiger partial charge in [0.25, 0.3) is 0 Å². The Hall–Kier alpha value is -1.78. The third-order valence-electron chi connectivity index (χ3n) is 3.11. The van der Waals surface area contributed by atoms with E-state index in [1.165, 1.54) is 5.19 Å². The van der Waals surface area contributed by atoms with Gasteiger partial charge < -0.3 is 5.11 Å². The monoisotopic (exact) mass is 284 g/mol. The highest BCUT2D eigenvalue weighted by Gasteiger charge is 2.16. The molecule has 0 heterocycles. The molecule has 0 aromatic heterocycles. The van der Waals surface area contributed by atoms with E-state index in [9.17, 15) is 5.11 Å². The second kappa shape index (κ2) is 6.11. The molecule has 20 heavy (non-hydrogen) atoms. The van der Waals surface area contributed by atoms with Crippen molar-refractivity contribution in [3.63, 3.8) is 0 Å². The van der Waals surface area contributed by atoms with Crippen LogP contribution in [0, 0.1) is 0 Å². The average Bonchev–Trinajstić information content (AvgIpc) is 2.45. The highest BCUT2D eigenvalue weighted by atomic mass is 28.3. The Morgan fingerprint density at radius 3 is 2.05 bits per heavy atom. The Balaban J connectivity index is 2.10. The molecule has 1 unspecified atom stereocenters. The predicted molar refractivity (Wildman–Crippen MR) is 85.3 cm³/mol. The van der Waals surface area contributed by atoms with Crippen LogP contribution in [-0.2, 0) is 0 Å². The molecule has 0 aliphatic rings. The quantitative estimate of drug-likeness (QED) is 0.669. The second-order valence-electron chi connectivity index (χ2n) is 5.80. The van der Waals surface area contributed by atoms with Crippen LogP contribution in [0.25, 0.3) is 0 Å². The number of aliphatic hydroxyl groups is 1. The Morgan fingerprint density at radius 1 is 0.900 bits per heavy atom. The van der Waals surface area contributed by atoms with Crippen LogP contribution in [0.15, 0.2) is 64.8 Å². The molecule has 2 aromatic rings. The van der Waals surface area contributed by atoms with Crippen molar-refractivity contribution in [2.75, 3.05) is 0 Å². The van der Waals surface area contributed by atoms with Crippen molar-refractivity contribution in [3.05, 3.63) is 60.2 Å². The number of benzene rings is 2. The van der Waals surface area contributed by atoms with Gasteiger partial charge in [-0.05, 0) is 12.1 Å². The standard InChI is InChI=1S/C16H20N2OSi/c1-20(2,3)15-11-9-13(10-12-15)16(19)18-17-14-7-5-4-6-8-14/h4-12,16,19H,1-3H3. The molecule has 0 aliphatic carbocycles. The first-order chi connectivity index (χ1) is 9.47. The SMILES string of the molecule is C[Si](C)(C)c1ccc(C(O)N=Nc2ccccc2)cc1. The van der Waals surface area contributed by atoms with Crippen LogP contribution < -0.4 is 5.19 Å². The first-order valence-electron chi connectivity index (χ1n) is 6.71. The minimum absolute atomic E-state index is 0.741. The first kappa shape index (κ1) is 14.6. The van der Waals surface area contributed by atoms with Crippen LogP contribution in [0.3, 0.4) is 0 Å². The summed E-state index contributed by atoms with van der Waals surface area (Å²) in [5.41, 5.74) is 1.51. The lowest BCUT2D eigenvalue weighted by molar-refractivity contribution is 0.180. The van der Waals surface area contributed by atoms with E-state index >= 15 is 0 Å². The third kappa shape index (κ3) is 3.85. The van der Waals surface area contributed by atoms with Gasteiger partial charge >= 0.3 is 0 Å². The molecule has 4 heteroatoms. The fourth-order valence-electron chi connectivity index (χ4n) is 1.84. The zero-order chi connectivity index (χ0) is 14.6. The van der Waals surface area contributed by atoms with Crippen molar-refractivity contribution in [1.82, 2.24) is 0 Å². The summed E-state index contributed by atoms with van der Waals surface area (Å²) in [6.45, 7) is 6.90. The molecule has 2 aromatic carbocycles. The molecule has 2 rings (SSSR count). The summed E-state index contributed by atoms with van der Waals surface area (Å²) in [6, 6.07) is 17.4. The van der Waals surface area contributed by atoms with E-state index in [2.05, 4.69) is 42.0 Å². The second-order valence-corrected chi connectivity index (χ2v) is 10.9. The van der Waals surface area contributed by atoms with Crippen molar-refractivity contribution in [2.45, 2.75) is 25.9 Å². The van der Waals surface area contributed by atoms with Gasteiger partial charge in [0.05, 0.1) is 13.8 Å². The fraction of sp³-hybridized carbons (Fsp3) is 0.250. The van der Waals surface area contributed by atoms with E-state index in [0.29, 0.717) is 0 Å². The van der Waals surface area contributed by atoms with Crippen molar-refractivity contribution in [3.8, 4) is 0 Å². The highest BCUT2D eigenvalue weighted by molar-refractivity contribution is 6.88. The van der Waals surface area contributed by atoms with Crippen LogP contribution in [0.1, 0.15) is 11.8 Å². The van der Waals surface area contributed by atoms with Gasteiger partial charge in [-0.3, -0.25) is 0 Å². The molecular formula is C16H20N2OSi. The average molecular weight is 284 g/mol. The van der Waals surface area contributed by atoms with E-state index in [1.807, 2.05) is 42.5 Å². The van der Waals surface area contributed by atoms with E-state index in [4.69, 9.17) is 0 Å². The fourth-order valence-corrected chi connectivity index (χ4v) is 3.00. The lowest BCUT2D eigenvalue weighted by Crippen LogP contribution is -2.37. The Kier molecular flexibility index (Phi) is 4.47. The lowest BCUT2D eigenvalue weighted by Gasteiger charge is -2.17. The van der Waals surface area contributed by atoms with E-state index in [1.54, 1.807) is 0 Å². The van der Waals surface area contributed by atoms with Crippen molar-refractivity contribution < 1.29 is 5.11 Å². The minimum atomic E-state index is -1.30. The molecule has 0 bridgehead atoms. The number of hydrogen-bond acceptors (Lipinski definition) is 3. The van der Waals surface area contributed by atoms with E-state index < -0.39 is 14.3 Å². The number of hydrogen-bond donors (Lipinski definition) is 1. The van der Waals surface area contributed by atoms with Crippen LogP contribution in [0.5, 0.6) is 0 Å². The lowest BCUT2D eigenvalue weighted by atomic mass is 10.2. The summed E-state index contributed by atoms with van der Waals surface area (Å²) in [4.78, 5) is 0. The molecule has 0 aliphatic heterocycles. The topological polar surface area (TPSA) is 45.0 Å². The summed E-state index contributed by atoms with van der Waals surface area (Å²) < 4.78 is 0. The number of azo groups is 1. The predicted octanol–water partition coefficient (Wildman–Crippen LogP) is 4.01. The van der Waals surface area contributed by atoms with Crippen molar-refractivity contribution in [2.24, 2.45) is 10.2 Å². The third-order valence-corrected chi connectivity index (χ3v) is 5.18. The molecule has 0 radical (unpaired) electrons. The van der Waals surface area contributed by atoms with Crippen molar-refractivity contribution in [1.29, 1.82) is 0 Å². The largest absolute Gasteiger partial charge is 0.366 e. The van der Waals surface area contributed by atoms with Crippen LogP contribution >= 0.6 is 0 Å². The zero-order valence-corrected chi connectivity index (χ0v) is 13.1. The molecule has 3 nitrogen and oxygen atoms in total. The van der Waals surface area contributed by atoms with Crippen molar-refractivity contribution >= 4 is 18.9 Å². The summed E-state index contributed by atoms with van der Waals surface area (Å²) in [6.07, 6.45) is -0.911. The minimum Gasteiger partial charge on any atom is -0.366 e. The summed E-state index contributed by atoms with van der Waals surface area (Å²) in [5, 5.41) is 19.4. The smallest absolute Gasteiger partial charge is 0.192 e. The number of rotatable bonds is 4. The van der Waals surface area contributed by atoms with Gasteiger partial charge in [-0.1, -0.05) is 67.3 Å². The molecular weight excluding hydrogens is 264 g/mol. The maximum Gasteiger partial charge on any atom is 0.192 e. The summed E-state index contributed by atoms with van der Waals surface area (Å²) in [7, 11) is -1.30. The van der Waals surface area contributed by atoms with Crippen LogP contribution in [0.4, 0.5) is 5.69 Å². The molecule has 104 valence electrons. The summed E-state index contributed by atoms with van der Waals surface area (Å²) >= 11 is 0. The highest BCUT2D eigenvalue weighted by Crippen LogP contribution is 2.18. The van der Waals surface area contributed by atoms with Crippen LogP contribution in [0.2, 0.25) is 19.6 Å². The molecule has 1 N–H and O–H groups in total. The molecule has 1 atom stereocenters. The maximum absolute atomic E-state index is 10.0. The maximum atomic E-state index is 10.0. The normalized spacial score (nSPS) is 13.6. The molecule has 0 fully saturated rings. The Morgan fingerprint density at radius 2 is 1.50 bits per heavy atom. The summed E-state index contributed by atoms with van der Waals surface area (Å²) in [5.74, 6) is 0. The Bertz CT molecular complexity index is 574. The zero-order valence-electron chi connectivity index (χ0n) is 12.1. The molecule has 0 saturated heterocycles. The first-order valence-corrected chi connectivity index (χ1v) is 10.2. The van der Waals surface area contributed by atoms with Gasteiger partial charge in [0, 0.05) is 5.56 Å². The molecule has 0 amide bonds. The van der Waals surface area contributed by atoms with E-state index in [0.717, 1.165) is 11.3 Å². The van der Waals surface area contributed by atoms with Gasteiger partial charge in [-0.15, -0.1) is 0 Å². The van der Waals surface area contributed by atoms with Gasteiger partial charge in [-0.2, -0.15) is 10.2 Å². The van der Waals surface area contributed by atoms with Gasteiger partial charge in [0.15, 0.2) is 6.23 Å². The van der Waals surface area contributed by atoms with Gasteiger partial charge in [-0.25, -0.2) is 0 Å². The molecule has 0 spiro atoms.